The lowest BCUT2D eigenvalue weighted by molar-refractivity contribution is 0.120. The van der Waals surface area contributed by atoms with E-state index < -0.39 is 0 Å². The molecule has 0 radical (unpaired) electrons. The van der Waals surface area contributed by atoms with E-state index in [0.717, 1.165) is 76.8 Å². The Morgan fingerprint density at radius 3 is 2.12 bits per heavy atom. The molecule has 4 rings (SSSR count). The summed E-state index contributed by atoms with van der Waals surface area (Å²) in [6.45, 7) is 7.24. The van der Waals surface area contributed by atoms with Gasteiger partial charge < -0.3 is 19.3 Å². The average Bonchev–Trinajstić information content (AvgIpc) is 3.19. The minimum Gasteiger partial charge on any atom is -0.508 e. The summed E-state index contributed by atoms with van der Waals surface area (Å²) in [6, 6.07) is 9.74. The molecule has 2 aromatic carbocycles. The molecular weight excluding hydrogens is 488 g/mol. The Kier molecular flexibility index (Phi) is 8.10. The van der Waals surface area contributed by atoms with Gasteiger partial charge in [0.25, 0.3) is 0 Å². The molecule has 0 aliphatic carbocycles. The average molecular weight is 519 g/mol. The van der Waals surface area contributed by atoms with Gasteiger partial charge in [-0.05, 0) is 42.3 Å². The summed E-state index contributed by atoms with van der Waals surface area (Å²) >= 11 is 5.41. The smallest absolute Gasteiger partial charge is 0.165 e. The maximum atomic E-state index is 10.5. The second-order valence-corrected chi connectivity index (χ2v) is 11.1. The molecular formula is C25H30N2O4S3. The lowest BCUT2D eigenvalue weighted by Gasteiger charge is -2.35. The number of phenolic OH excluding ortho intramolecular Hbond substituents is 1. The molecule has 1 fully saturated rings. The molecule has 3 aromatic rings. The molecule has 6 nitrogen and oxygen atoms in total. The van der Waals surface area contributed by atoms with Gasteiger partial charge in [0.1, 0.15) is 15.3 Å². The first-order valence-electron chi connectivity index (χ1n) is 11.1. The van der Waals surface area contributed by atoms with Gasteiger partial charge in [0.2, 0.25) is 0 Å². The Morgan fingerprint density at radius 1 is 0.882 bits per heavy atom. The Morgan fingerprint density at radius 2 is 1.56 bits per heavy atom. The van der Waals surface area contributed by atoms with Crippen LogP contribution in [0.2, 0.25) is 0 Å². The number of nitrogens with zero attached hydrogens (tertiary/aromatic N) is 2. The molecule has 0 spiro atoms. The summed E-state index contributed by atoms with van der Waals surface area (Å²) in [5, 5.41) is 10.5. The van der Waals surface area contributed by atoms with Gasteiger partial charge >= 0.3 is 0 Å². The highest BCUT2D eigenvalue weighted by Gasteiger charge is 2.21. The van der Waals surface area contributed by atoms with Crippen LogP contribution in [-0.4, -0.2) is 62.4 Å². The highest BCUT2D eigenvalue weighted by Crippen LogP contribution is 2.37. The van der Waals surface area contributed by atoms with Crippen molar-refractivity contribution in [3.05, 3.63) is 50.8 Å². The van der Waals surface area contributed by atoms with Crippen LogP contribution in [0.4, 0.5) is 0 Å². The molecule has 1 N–H and O–H groups in total. The number of benzene rings is 2. The largest absolute Gasteiger partial charge is 0.508 e. The van der Waals surface area contributed by atoms with Crippen molar-refractivity contribution in [1.29, 1.82) is 0 Å². The summed E-state index contributed by atoms with van der Waals surface area (Å²) in [7, 11) is 8.30. The van der Waals surface area contributed by atoms with Crippen LogP contribution in [0.25, 0.3) is 10.4 Å². The van der Waals surface area contributed by atoms with Crippen molar-refractivity contribution in [1.82, 2.24) is 9.80 Å². The standard InChI is InChI=1S/C25H30N2O4S3/c1-16-24(33-34-25(16)32)17-5-6-21(28)18(11-17)14-26-7-9-27(10-8-26)15-19-12-20(29-2)13-22(30-3)23(19)31-4/h5-6,11-13,28H,7-10,14-15H2,1-4H3. The number of phenols is 1. The Bertz CT molecular complexity index is 1200. The zero-order valence-electron chi connectivity index (χ0n) is 19.9. The Balaban J connectivity index is 1.42. The zero-order chi connectivity index (χ0) is 24.2. The third kappa shape index (κ3) is 5.39. The third-order valence-corrected chi connectivity index (χ3v) is 9.58. The highest BCUT2D eigenvalue weighted by atomic mass is 32.9. The SMILES string of the molecule is COc1cc(CN2CCN(Cc3cc(-c4ssc(=S)c4C)ccc3O)CC2)c(OC)c(OC)c1. The summed E-state index contributed by atoms with van der Waals surface area (Å²) in [6.07, 6.45) is 0. The van der Waals surface area contributed by atoms with E-state index in [-0.39, 0.29) is 0 Å². The Hall–Kier alpha value is -2.17. The first-order valence-corrected chi connectivity index (χ1v) is 13.6. The van der Waals surface area contributed by atoms with Gasteiger partial charge in [-0.2, -0.15) is 0 Å². The molecule has 0 unspecified atom stereocenters. The highest BCUT2D eigenvalue weighted by molar-refractivity contribution is 7.80. The number of aromatic hydroxyl groups is 1. The van der Waals surface area contributed by atoms with Gasteiger partial charge in [-0.3, -0.25) is 9.80 Å². The van der Waals surface area contributed by atoms with E-state index in [1.54, 1.807) is 48.1 Å². The quantitative estimate of drug-likeness (QED) is 0.309. The number of ether oxygens (including phenoxy) is 3. The van der Waals surface area contributed by atoms with Crippen LogP contribution in [0.3, 0.4) is 0 Å². The molecule has 0 bridgehead atoms. The number of hydrogen-bond donors (Lipinski definition) is 1. The van der Waals surface area contributed by atoms with Crippen LogP contribution in [0.1, 0.15) is 16.7 Å². The molecule has 182 valence electrons. The molecule has 2 heterocycles. The Labute approximate surface area is 213 Å². The van der Waals surface area contributed by atoms with Gasteiger partial charge in [-0.25, -0.2) is 0 Å². The summed E-state index contributed by atoms with van der Waals surface area (Å²) in [5.41, 5.74) is 4.28. The third-order valence-electron chi connectivity index (χ3n) is 6.21. The van der Waals surface area contributed by atoms with E-state index in [4.69, 9.17) is 26.4 Å². The van der Waals surface area contributed by atoms with E-state index in [2.05, 4.69) is 22.8 Å². The minimum atomic E-state index is 0.343. The fraction of sp³-hybridized carbons (Fsp3) is 0.400. The second-order valence-electron chi connectivity index (χ2n) is 8.33. The molecule has 1 aliphatic rings. The first kappa shape index (κ1) is 24.9. The van der Waals surface area contributed by atoms with Gasteiger partial charge in [0.05, 0.1) is 26.2 Å². The zero-order valence-corrected chi connectivity index (χ0v) is 22.4. The van der Waals surface area contributed by atoms with Crippen LogP contribution >= 0.6 is 32.9 Å². The van der Waals surface area contributed by atoms with Gasteiger partial charge in [-0.15, -0.1) is 0 Å². The van der Waals surface area contributed by atoms with Gasteiger partial charge in [-0.1, -0.05) is 32.9 Å². The monoisotopic (exact) mass is 518 g/mol. The minimum absolute atomic E-state index is 0.343. The van der Waals surface area contributed by atoms with E-state index in [0.29, 0.717) is 11.5 Å². The van der Waals surface area contributed by atoms with Crippen molar-refractivity contribution >= 4 is 32.9 Å². The van der Waals surface area contributed by atoms with E-state index in [9.17, 15) is 5.11 Å². The van der Waals surface area contributed by atoms with Crippen LogP contribution in [0, 0.1) is 10.7 Å². The fourth-order valence-corrected chi connectivity index (χ4v) is 7.14. The van der Waals surface area contributed by atoms with Crippen molar-refractivity contribution in [2.75, 3.05) is 47.5 Å². The van der Waals surface area contributed by atoms with Gasteiger partial charge in [0, 0.05) is 56.5 Å². The van der Waals surface area contributed by atoms with Gasteiger partial charge in [0.15, 0.2) is 11.5 Å². The topological polar surface area (TPSA) is 54.4 Å². The van der Waals surface area contributed by atoms with E-state index >= 15 is 0 Å². The number of hydrogen-bond acceptors (Lipinski definition) is 9. The van der Waals surface area contributed by atoms with Crippen LogP contribution < -0.4 is 14.2 Å². The van der Waals surface area contributed by atoms with Crippen LogP contribution in [0.5, 0.6) is 23.0 Å². The van der Waals surface area contributed by atoms with E-state index in [1.807, 2.05) is 18.2 Å². The number of rotatable bonds is 8. The summed E-state index contributed by atoms with van der Waals surface area (Å²) in [4.78, 5) is 6.00. The van der Waals surface area contributed by atoms with Crippen molar-refractivity contribution in [3.63, 3.8) is 0 Å². The summed E-state index contributed by atoms with van der Waals surface area (Å²) < 4.78 is 17.5. The van der Waals surface area contributed by atoms with Crippen molar-refractivity contribution in [3.8, 4) is 33.4 Å². The fourth-order valence-electron chi connectivity index (χ4n) is 4.25. The first-order chi connectivity index (χ1) is 16.4. The van der Waals surface area contributed by atoms with E-state index in [1.165, 1.54) is 4.88 Å². The lowest BCUT2D eigenvalue weighted by Crippen LogP contribution is -2.45. The molecule has 0 amide bonds. The molecule has 34 heavy (non-hydrogen) atoms. The molecule has 1 aromatic heterocycles. The molecule has 0 atom stereocenters. The van der Waals surface area contributed by atoms with Crippen molar-refractivity contribution in [2.24, 2.45) is 0 Å². The van der Waals surface area contributed by atoms with Crippen LogP contribution in [0.15, 0.2) is 30.3 Å². The molecule has 9 heteroatoms. The molecule has 1 aliphatic heterocycles. The van der Waals surface area contributed by atoms with Crippen LogP contribution in [-0.2, 0) is 13.1 Å². The second kappa shape index (κ2) is 11.0. The van der Waals surface area contributed by atoms with Crippen molar-refractivity contribution < 1.29 is 19.3 Å². The maximum absolute atomic E-state index is 10.5. The number of piperazine rings is 1. The summed E-state index contributed by atoms with van der Waals surface area (Å²) in [5.74, 6) is 2.53. The lowest BCUT2D eigenvalue weighted by atomic mass is 10.1. The predicted octanol–water partition coefficient (Wildman–Crippen LogP) is 5.56. The normalized spacial score (nSPS) is 14.8. The maximum Gasteiger partial charge on any atom is 0.165 e. The molecule has 0 saturated carbocycles. The number of methoxy groups -OCH3 is 3. The predicted molar refractivity (Wildman–Crippen MR) is 142 cm³/mol. The molecule has 1 saturated heterocycles. The van der Waals surface area contributed by atoms with Crippen molar-refractivity contribution in [2.45, 2.75) is 20.0 Å².